The largest absolute Gasteiger partial charge is 0.363 e. The third-order valence-corrected chi connectivity index (χ3v) is 4.95. The zero-order valence-electron chi connectivity index (χ0n) is 13.8. The number of sulfonamides is 1. The molecule has 0 unspecified atom stereocenters. The summed E-state index contributed by atoms with van der Waals surface area (Å²) in [6.45, 7) is 1.82. The smallest absolute Gasteiger partial charge is 0.263 e. The molecule has 9 heteroatoms. The molecular formula is C15H18N6O2S. The summed E-state index contributed by atoms with van der Waals surface area (Å²) < 4.78 is 29.3. The van der Waals surface area contributed by atoms with Crippen LogP contribution >= 0.6 is 0 Å². The van der Waals surface area contributed by atoms with Crippen LogP contribution in [0.15, 0.2) is 35.5 Å². The highest BCUT2D eigenvalue weighted by molar-refractivity contribution is 7.92. The van der Waals surface area contributed by atoms with Gasteiger partial charge in [-0.3, -0.25) is 9.40 Å². The number of nitrogens with one attached hydrogen (secondary N) is 1. The van der Waals surface area contributed by atoms with E-state index in [1.807, 2.05) is 25.9 Å². The monoisotopic (exact) mass is 346 g/mol. The molecule has 3 aromatic rings. The van der Waals surface area contributed by atoms with Crippen molar-refractivity contribution in [2.45, 2.75) is 11.8 Å². The topological polar surface area (TPSA) is 93.0 Å². The number of anilines is 2. The first-order valence-electron chi connectivity index (χ1n) is 7.23. The molecule has 3 heterocycles. The summed E-state index contributed by atoms with van der Waals surface area (Å²) in [4.78, 5) is 10.3. The van der Waals surface area contributed by atoms with E-state index in [9.17, 15) is 8.42 Å². The minimum Gasteiger partial charge on any atom is -0.363 e. The third-order valence-electron chi connectivity index (χ3n) is 3.61. The fourth-order valence-corrected chi connectivity index (χ4v) is 3.37. The Hall–Kier alpha value is -2.68. The number of rotatable bonds is 4. The van der Waals surface area contributed by atoms with Crippen LogP contribution in [-0.2, 0) is 17.1 Å². The van der Waals surface area contributed by atoms with Crippen molar-refractivity contribution < 1.29 is 8.42 Å². The van der Waals surface area contributed by atoms with Crippen molar-refractivity contribution in [3.05, 3.63) is 36.3 Å². The number of fused-ring (bicyclic) bond motifs is 1. The number of aromatic nitrogens is 4. The second kappa shape index (κ2) is 5.75. The van der Waals surface area contributed by atoms with Gasteiger partial charge in [-0.1, -0.05) is 0 Å². The minimum atomic E-state index is -3.75. The maximum atomic E-state index is 12.6. The van der Waals surface area contributed by atoms with Gasteiger partial charge in [0.25, 0.3) is 10.0 Å². The van der Waals surface area contributed by atoms with Crippen molar-refractivity contribution in [2.24, 2.45) is 7.05 Å². The summed E-state index contributed by atoms with van der Waals surface area (Å²) in [6.07, 6.45) is 2.81. The van der Waals surface area contributed by atoms with Gasteiger partial charge in [0.1, 0.15) is 10.7 Å². The summed E-state index contributed by atoms with van der Waals surface area (Å²) in [5, 5.41) is 4.96. The molecule has 0 aliphatic rings. The van der Waals surface area contributed by atoms with E-state index < -0.39 is 10.0 Å². The summed E-state index contributed by atoms with van der Waals surface area (Å²) in [5.74, 6) is 0.743. The number of aryl methyl sites for hydroxylation is 2. The van der Waals surface area contributed by atoms with Crippen LogP contribution in [0, 0.1) is 6.92 Å². The van der Waals surface area contributed by atoms with Crippen molar-refractivity contribution in [3.63, 3.8) is 0 Å². The quantitative estimate of drug-likeness (QED) is 0.770. The lowest BCUT2D eigenvalue weighted by molar-refractivity contribution is 0.601. The van der Waals surface area contributed by atoms with Gasteiger partial charge in [-0.2, -0.15) is 5.10 Å². The molecule has 8 nitrogen and oxygen atoms in total. The maximum Gasteiger partial charge on any atom is 0.263 e. The van der Waals surface area contributed by atoms with Crippen LogP contribution in [0.3, 0.4) is 0 Å². The van der Waals surface area contributed by atoms with Crippen molar-refractivity contribution in [1.29, 1.82) is 0 Å². The van der Waals surface area contributed by atoms with Crippen LogP contribution in [0.1, 0.15) is 5.69 Å². The molecule has 3 rings (SSSR count). The zero-order valence-corrected chi connectivity index (χ0v) is 14.7. The molecule has 0 aliphatic carbocycles. The molecule has 24 heavy (non-hydrogen) atoms. The van der Waals surface area contributed by atoms with E-state index >= 15 is 0 Å². The molecule has 126 valence electrons. The van der Waals surface area contributed by atoms with E-state index in [0.717, 1.165) is 11.5 Å². The highest BCUT2D eigenvalue weighted by Crippen LogP contribution is 2.21. The van der Waals surface area contributed by atoms with Crippen LogP contribution in [0.5, 0.6) is 0 Å². The first-order chi connectivity index (χ1) is 11.3. The molecule has 0 bridgehead atoms. The SMILES string of the molecule is Cc1nn(C)c2ncc(S(=O)(=O)Nc3ccc(N(C)C)nc3)cc12. The van der Waals surface area contributed by atoms with E-state index in [1.165, 1.54) is 12.4 Å². The highest BCUT2D eigenvalue weighted by atomic mass is 32.2. The second-order valence-corrected chi connectivity index (χ2v) is 7.34. The van der Waals surface area contributed by atoms with Gasteiger partial charge in [0.2, 0.25) is 0 Å². The van der Waals surface area contributed by atoms with E-state index in [-0.39, 0.29) is 4.90 Å². The predicted molar refractivity (Wildman–Crippen MR) is 92.6 cm³/mol. The minimum absolute atomic E-state index is 0.0859. The Morgan fingerprint density at radius 2 is 1.92 bits per heavy atom. The molecule has 0 fully saturated rings. The Labute approximate surface area is 140 Å². The van der Waals surface area contributed by atoms with E-state index in [2.05, 4.69) is 19.8 Å². The van der Waals surface area contributed by atoms with E-state index in [4.69, 9.17) is 0 Å². The van der Waals surface area contributed by atoms with Crippen molar-refractivity contribution >= 4 is 32.6 Å². The Balaban J connectivity index is 1.94. The maximum absolute atomic E-state index is 12.6. The van der Waals surface area contributed by atoms with Crippen LogP contribution < -0.4 is 9.62 Å². The van der Waals surface area contributed by atoms with Crippen LogP contribution in [0.25, 0.3) is 11.0 Å². The molecule has 1 N–H and O–H groups in total. The van der Waals surface area contributed by atoms with Gasteiger partial charge >= 0.3 is 0 Å². The van der Waals surface area contributed by atoms with Crippen LogP contribution in [0.2, 0.25) is 0 Å². The number of hydrogen-bond donors (Lipinski definition) is 1. The van der Waals surface area contributed by atoms with Gasteiger partial charge in [-0.25, -0.2) is 18.4 Å². The lowest BCUT2D eigenvalue weighted by atomic mass is 10.3. The lowest BCUT2D eigenvalue weighted by Gasteiger charge is -2.12. The van der Waals surface area contributed by atoms with Crippen molar-refractivity contribution in [1.82, 2.24) is 19.7 Å². The molecule has 0 atom stereocenters. The molecule has 0 aliphatic heterocycles. The summed E-state index contributed by atoms with van der Waals surface area (Å²) in [5.41, 5.74) is 1.76. The molecular weight excluding hydrogens is 328 g/mol. The van der Waals surface area contributed by atoms with E-state index in [0.29, 0.717) is 16.7 Å². The molecule has 0 aromatic carbocycles. The summed E-state index contributed by atoms with van der Waals surface area (Å²) in [6, 6.07) is 4.99. The van der Waals surface area contributed by atoms with Crippen molar-refractivity contribution in [2.75, 3.05) is 23.7 Å². The fraction of sp³-hybridized carbons (Fsp3) is 0.267. The predicted octanol–water partition coefficient (Wildman–Crippen LogP) is 1.54. The van der Waals surface area contributed by atoms with Gasteiger partial charge < -0.3 is 4.90 Å². The number of hydrogen-bond acceptors (Lipinski definition) is 6. The van der Waals surface area contributed by atoms with Gasteiger partial charge in [0.05, 0.1) is 17.6 Å². The fourth-order valence-electron chi connectivity index (χ4n) is 2.36. The molecule has 0 spiro atoms. The standard InChI is InChI=1S/C15H18N6O2S/c1-10-13-7-12(9-17-15(13)21(4)18-10)24(22,23)19-11-5-6-14(16-8-11)20(2)3/h5-9,19H,1-4H3. The van der Waals surface area contributed by atoms with Crippen LogP contribution in [-0.4, -0.2) is 42.3 Å². The Bertz CT molecular complexity index is 993. The average molecular weight is 346 g/mol. The normalized spacial score (nSPS) is 11.7. The second-order valence-electron chi connectivity index (χ2n) is 5.66. The Morgan fingerprint density at radius 3 is 2.54 bits per heavy atom. The number of pyridine rings is 2. The molecule has 0 amide bonds. The van der Waals surface area contributed by atoms with Gasteiger partial charge in [-0.05, 0) is 25.1 Å². The van der Waals surface area contributed by atoms with E-state index in [1.54, 1.807) is 29.9 Å². The Morgan fingerprint density at radius 1 is 1.17 bits per heavy atom. The summed E-state index contributed by atoms with van der Waals surface area (Å²) >= 11 is 0. The molecule has 0 radical (unpaired) electrons. The van der Waals surface area contributed by atoms with Gasteiger partial charge in [0.15, 0.2) is 5.65 Å². The van der Waals surface area contributed by atoms with Gasteiger partial charge in [-0.15, -0.1) is 0 Å². The third kappa shape index (κ3) is 2.90. The molecule has 0 saturated carbocycles. The Kier molecular flexibility index (Phi) is 3.88. The number of nitrogens with zero attached hydrogens (tertiary/aromatic N) is 5. The zero-order chi connectivity index (χ0) is 17.5. The average Bonchev–Trinajstić information content (AvgIpc) is 2.82. The van der Waals surface area contributed by atoms with Gasteiger partial charge in [0, 0.05) is 32.7 Å². The highest BCUT2D eigenvalue weighted by Gasteiger charge is 2.18. The first-order valence-corrected chi connectivity index (χ1v) is 8.72. The first kappa shape index (κ1) is 16.2. The lowest BCUT2D eigenvalue weighted by Crippen LogP contribution is -2.14. The summed E-state index contributed by atoms with van der Waals surface area (Å²) in [7, 11) is 1.75. The van der Waals surface area contributed by atoms with Crippen molar-refractivity contribution in [3.8, 4) is 0 Å². The molecule has 0 saturated heterocycles. The molecule has 3 aromatic heterocycles. The van der Waals surface area contributed by atoms with Crippen LogP contribution in [0.4, 0.5) is 11.5 Å².